The van der Waals surface area contributed by atoms with Gasteiger partial charge in [-0.3, -0.25) is 0 Å². The fourth-order valence-electron chi connectivity index (χ4n) is 1.66. The van der Waals surface area contributed by atoms with Crippen LogP contribution in [0.1, 0.15) is 10.5 Å². The van der Waals surface area contributed by atoms with Crippen LogP contribution in [0.4, 0.5) is 0 Å². The Hall–Kier alpha value is -1.39. The van der Waals surface area contributed by atoms with Crippen molar-refractivity contribution in [1.82, 2.24) is 4.98 Å². The molecule has 0 bridgehead atoms. The van der Waals surface area contributed by atoms with Crippen molar-refractivity contribution in [3.8, 4) is 11.1 Å². The van der Waals surface area contributed by atoms with E-state index in [0.717, 1.165) is 16.2 Å². The van der Waals surface area contributed by atoms with Crippen LogP contribution < -0.4 is 0 Å². The van der Waals surface area contributed by atoms with E-state index in [1.165, 1.54) is 7.11 Å². The van der Waals surface area contributed by atoms with E-state index >= 15 is 0 Å². The summed E-state index contributed by atoms with van der Waals surface area (Å²) in [6, 6.07) is 9.28. The molecule has 0 fully saturated rings. The average molecular weight is 282 g/mol. The molecule has 0 atom stereocenters. The first-order valence-corrected chi connectivity index (χ1v) is 6.87. The summed E-state index contributed by atoms with van der Waals surface area (Å²) in [5, 5.41) is 1.58. The van der Waals surface area contributed by atoms with Gasteiger partial charge in [-0.2, -0.15) is 0 Å². The molecule has 0 aliphatic heterocycles. The Morgan fingerprint density at radius 1 is 1.33 bits per heavy atom. The molecule has 2 rings (SSSR count). The van der Waals surface area contributed by atoms with E-state index in [1.807, 2.05) is 24.5 Å². The Balaban J connectivity index is 2.51. The number of methoxy groups -OCH3 is 1. The fraction of sp³-hybridized carbons (Fsp3) is 0.154. The Morgan fingerprint density at radius 2 is 2.00 bits per heavy atom. The summed E-state index contributed by atoms with van der Waals surface area (Å²) in [6.45, 7) is 0. The largest absolute Gasteiger partial charge is 0.464 e. The molecule has 1 heterocycles. The van der Waals surface area contributed by atoms with Crippen molar-refractivity contribution in [2.45, 2.75) is 5.03 Å². The number of benzene rings is 1. The zero-order valence-corrected chi connectivity index (χ0v) is 11.6. The lowest BCUT2D eigenvalue weighted by molar-refractivity contribution is 0.0595. The zero-order chi connectivity index (χ0) is 13.1. The van der Waals surface area contributed by atoms with E-state index in [1.54, 1.807) is 23.9 Å². The Morgan fingerprint density at radius 3 is 2.56 bits per heavy atom. The molecule has 1 N–H and O–H groups in total. The van der Waals surface area contributed by atoms with Crippen molar-refractivity contribution in [2.75, 3.05) is 13.4 Å². The first-order valence-electron chi connectivity index (χ1n) is 5.27. The van der Waals surface area contributed by atoms with E-state index in [2.05, 4.69) is 4.98 Å². The number of halogens is 1. The molecule has 1 aromatic carbocycles. The summed E-state index contributed by atoms with van der Waals surface area (Å²) < 4.78 is 4.77. The van der Waals surface area contributed by atoms with Crippen LogP contribution in [0.5, 0.6) is 0 Å². The second-order valence-electron chi connectivity index (χ2n) is 3.62. The van der Waals surface area contributed by atoms with Crippen molar-refractivity contribution in [3.63, 3.8) is 0 Å². The minimum absolute atomic E-state index is 0.375. The van der Waals surface area contributed by atoms with Gasteiger partial charge in [0.05, 0.1) is 12.1 Å². The standard InChI is InChI=1S/C13H12ClNO2S/c1-17-13(16)12-10(7-11(15-12)18-2)8-3-5-9(14)6-4-8/h3-7,15H,1-2H3. The minimum atomic E-state index is -0.375. The van der Waals surface area contributed by atoms with Crippen molar-refractivity contribution in [3.05, 3.63) is 41.0 Å². The summed E-state index contributed by atoms with van der Waals surface area (Å²) in [7, 11) is 1.37. The SMILES string of the molecule is COC(=O)c1[nH]c(SC)cc1-c1ccc(Cl)cc1. The van der Waals surface area contributed by atoms with Crippen LogP contribution in [-0.2, 0) is 4.74 Å². The molecule has 94 valence electrons. The van der Waals surface area contributed by atoms with Gasteiger partial charge < -0.3 is 9.72 Å². The Bertz CT molecular complexity index is 563. The maximum atomic E-state index is 11.7. The first-order chi connectivity index (χ1) is 8.65. The van der Waals surface area contributed by atoms with Gasteiger partial charge in [-0.05, 0) is 30.0 Å². The number of carbonyl (C=O) groups is 1. The number of aromatic nitrogens is 1. The number of aromatic amines is 1. The molecule has 0 amide bonds. The van der Waals surface area contributed by atoms with Crippen molar-refractivity contribution in [1.29, 1.82) is 0 Å². The van der Waals surface area contributed by atoms with E-state index < -0.39 is 0 Å². The lowest BCUT2D eigenvalue weighted by atomic mass is 10.1. The zero-order valence-electron chi connectivity index (χ0n) is 9.99. The number of nitrogens with one attached hydrogen (secondary N) is 1. The Labute approximate surface area is 114 Å². The molecular weight excluding hydrogens is 270 g/mol. The van der Waals surface area contributed by atoms with Crippen LogP contribution in [0.3, 0.4) is 0 Å². The van der Waals surface area contributed by atoms with Crippen molar-refractivity contribution in [2.24, 2.45) is 0 Å². The first kappa shape index (κ1) is 13.1. The van der Waals surface area contributed by atoms with E-state index in [0.29, 0.717) is 10.7 Å². The monoisotopic (exact) mass is 281 g/mol. The maximum Gasteiger partial charge on any atom is 0.355 e. The van der Waals surface area contributed by atoms with Crippen LogP contribution in [-0.4, -0.2) is 24.3 Å². The van der Waals surface area contributed by atoms with Crippen LogP contribution in [0.2, 0.25) is 5.02 Å². The normalized spacial score (nSPS) is 10.4. The predicted molar refractivity (Wildman–Crippen MR) is 74.4 cm³/mol. The average Bonchev–Trinajstić information content (AvgIpc) is 2.83. The fourth-order valence-corrected chi connectivity index (χ4v) is 2.23. The van der Waals surface area contributed by atoms with Gasteiger partial charge >= 0.3 is 5.97 Å². The molecule has 3 nitrogen and oxygen atoms in total. The highest BCUT2D eigenvalue weighted by Crippen LogP contribution is 2.29. The van der Waals surface area contributed by atoms with Gasteiger partial charge in [-0.25, -0.2) is 4.79 Å². The van der Waals surface area contributed by atoms with Gasteiger partial charge in [0.1, 0.15) is 5.69 Å². The molecule has 0 saturated carbocycles. The molecule has 0 spiro atoms. The quantitative estimate of drug-likeness (QED) is 0.686. The molecule has 0 aliphatic rings. The summed E-state index contributed by atoms with van der Waals surface area (Å²) in [5.74, 6) is -0.375. The molecule has 0 unspecified atom stereocenters. The van der Waals surface area contributed by atoms with Gasteiger partial charge in [0.25, 0.3) is 0 Å². The van der Waals surface area contributed by atoms with E-state index in [-0.39, 0.29) is 5.97 Å². The number of carbonyl (C=O) groups excluding carboxylic acids is 1. The van der Waals surface area contributed by atoms with Crippen LogP contribution in [0.15, 0.2) is 35.4 Å². The van der Waals surface area contributed by atoms with Gasteiger partial charge in [0, 0.05) is 10.6 Å². The highest BCUT2D eigenvalue weighted by atomic mass is 35.5. The molecule has 0 radical (unpaired) electrons. The number of H-pyrrole nitrogens is 1. The van der Waals surface area contributed by atoms with Gasteiger partial charge in [0.2, 0.25) is 0 Å². The van der Waals surface area contributed by atoms with E-state index in [4.69, 9.17) is 16.3 Å². The van der Waals surface area contributed by atoms with Gasteiger partial charge in [-0.1, -0.05) is 23.7 Å². The Kier molecular flexibility index (Phi) is 3.99. The van der Waals surface area contributed by atoms with Crippen molar-refractivity contribution < 1.29 is 9.53 Å². The topological polar surface area (TPSA) is 42.1 Å². The van der Waals surface area contributed by atoms with Crippen LogP contribution >= 0.6 is 23.4 Å². The minimum Gasteiger partial charge on any atom is -0.464 e. The van der Waals surface area contributed by atoms with E-state index in [9.17, 15) is 4.79 Å². The summed E-state index contributed by atoms with van der Waals surface area (Å²) >= 11 is 7.40. The molecule has 18 heavy (non-hydrogen) atoms. The number of ether oxygens (including phenoxy) is 1. The van der Waals surface area contributed by atoms with Gasteiger partial charge in [0.15, 0.2) is 0 Å². The van der Waals surface area contributed by atoms with Crippen LogP contribution in [0, 0.1) is 0 Å². The number of hydrogen-bond acceptors (Lipinski definition) is 3. The lowest BCUT2D eigenvalue weighted by Gasteiger charge is -2.02. The lowest BCUT2D eigenvalue weighted by Crippen LogP contribution is -2.03. The summed E-state index contributed by atoms with van der Waals surface area (Å²) in [4.78, 5) is 14.8. The third-order valence-electron chi connectivity index (χ3n) is 2.56. The summed E-state index contributed by atoms with van der Waals surface area (Å²) in [5.41, 5.74) is 2.21. The highest BCUT2D eigenvalue weighted by molar-refractivity contribution is 7.98. The maximum absolute atomic E-state index is 11.7. The smallest absolute Gasteiger partial charge is 0.355 e. The second kappa shape index (κ2) is 5.50. The molecule has 0 saturated heterocycles. The highest BCUT2D eigenvalue weighted by Gasteiger charge is 2.17. The third kappa shape index (κ3) is 2.54. The molecule has 1 aromatic heterocycles. The second-order valence-corrected chi connectivity index (χ2v) is 4.91. The number of rotatable bonds is 3. The van der Waals surface area contributed by atoms with Crippen LogP contribution in [0.25, 0.3) is 11.1 Å². The third-order valence-corrected chi connectivity index (χ3v) is 3.47. The van der Waals surface area contributed by atoms with Crippen molar-refractivity contribution >= 4 is 29.3 Å². The molecule has 2 aromatic rings. The number of esters is 1. The molecule has 5 heteroatoms. The predicted octanol–water partition coefficient (Wildman–Crippen LogP) is 3.84. The molecule has 0 aliphatic carbocycles. The molecular formula is C13H12ClNO2S. The number of hydrogen-bond donors (Lipinski definition) is 1. The summed E-state index contributed by atoms with van der Waals surface area (Å²) in [6.07, 6.45) is 1.94. The number of thioether (sulfide) groups is 1. The van der Waals surface area contributed by atoms with Gasteiger partial charge in [-0.15, -0.1) is 11.8 Å².